The third-order valence-corrected chi connectivity index (χ3v) is 7.25. The van der Waals surface area contributed by atoms with Crippen molar-refractivity contribution in [2.24, 2.45) is 13.0 Å². The van der Waals surface area contributed by atoms with Gasteiger partial charge in [0.15, 0.2) is 0 Å². The number of thiophene rings is 1. The molecule has 4 heterocycles. The Kier molecular flexibility index (Phi) is 7.05. The van der Waals surface area contributed by atoms with E-state index in [1.807, 2.05) is 29.8 Å². The van der Waals surface area contributed by atoms with E-state index in [2.05, 4.69) is 20.9 Å². The van der Waals surface area contributed by atoms with E-state index in [9.17, 15) is 9.59 Å². The van der Waals surface area contributed by atoms with Crippen LogP contribution < -0.4 is 16.0 Å². The fourth-order valence-corrected chi connectivity index (χ4v) is 5.47. The minimum atomic E-state index is -0.642. The lowest BCUT2D eigenvalue weighted by molar-refractivity contribution is -0.129. The van der Waals surface area contributed by atoms with Gasteiger partial charge in [0.2, 0.25) is 11.8 Å². The zero-order valence-electron chi connectivity index (χ0n) is 17.8. The van der Waals surface area contributed by atoms with Crippen molar-refractivity contribution < 1.29 is 9.59 Å². The molecule has 4 rings (SSSR count). The molecule has 10 heteroatoms. The maximum Gasteiger partial charge on any atom is 0.242 e. The van der Waals surface area contributed by atoms with Gasteiger partial charge in [-0.2, -0.15) is 0 Å². The normalized spacial score (nSPS) is 19.2. The van der Waals surface area contributed by atoms with Gasteiger partial charge in [0.05, 0.1) is 15.4 Å². The number of aryl methyl sites for hydroxylation is 1. The maximum atomic E-state index is 12.6. The number of amides is 2. The molecule has 1 aliphatic heterocycles. The molecule has 170 valence electrons. The van der Waals surface area contributed by atoms with E-state index in [1.54, 1.807) is 30.7 Å². The lowest BCUT2D eigenvalue weighted by Gasteiger charge is -2.17. The van der Waals surface area contributed by atoms with Crippen LogP contribution >= 0.6 is 34.5 Å². The van der Waals surface area contributed by atoms with Crippen molar-refractivity contribution in [1.29, 1.82) is 0 Å². The van der Waals surface area contributed by atoms with Gasteiger partial charge in [0.1, 0.15) is 11.7 Å². The van der Waals surface area contributed by atoms with E-state index in [4.69, 9.17) is 23.2 Å². The first-order chi connectivity index (χ1) is 15.3. The van der Waals surface area contributed by atoms with Gasteiger partial charge in [0.25, 0.3) is 0 Å². The average Bonchev–Trinajstić information content (AvgIpc) is 3.46. The molecular weight excluding hydrogens is 469 g/mol. The Morgan fingerprint density at radius 3 is 2.94 bits per heavy atom. The van der Waals surface area contributed by atoms with Crippen molar-refractivity contribution in [1.82, 2.24) is 25.5 Å². The summed E-state index contributed by atoms with van der Waals surface area (Å²) in [5.74, 6) is -0.0317. The molecule has 3 N–H and O–H groups in total. The highest BCUT2D eigenvalue weighted by Crippen LogP contribution is 2.27. The van der Waals surface area contributed by atoms with Crippen molar-refractivity contribution in [2.75, 3.05) is 6.54 Å². The molecule has 1 aliphatic rings. The Morgan fingerprint density at radius 2 is 2.19 bits per heavy atom. The van der Waals surface area contributed by atoms with E-state index in [-0.39, 0.29) is 17.9 Å². The van der Waals surface area contributed by atoms with Gasteiger partial charge < -0.3 is 20.5 Å². The van der Waals surface area contributed by atoms with E-state index < -0.39 is 6.04 Å². The van der Waals surface area contributed by atoms with Crippen LogP contribution in [0.2, 0.25) is 9.36 Å². The van der Waals surface area contributed by atoms with Crippen molar-refractivity contribution in [3.8, 4) is 0 Å². The molecule has 0 spiro atoms. The minimum Gasteiger partial charge on any atom is -0.350 e. The van der Waals surface area contributed by atoms with E-state index in [0.29, 0.717) is 17.5 Å². The summed E-state index contributed by atoms with van der Waals surface area (Å²) in [6.45, 7) is 2.76. The van der Waals surface area contributed by atoms with Gasteiger partial charge in [0, 0.05) is 36.2 Å². The van der Waals surface area contributed by atoms with E-state index in [1.165, 1.54) is 4.88 Å². The molecule has 3 aromatic heterocycles. The minimum absolute atomic E-state index is 0.154. The van der Waals surface area contributed by atoms with E-state index in [0.717, 1.165) is 40.3 Å². The second kappa shape index (κ2) is 9.79. The average molecular weight is 494 g/mol. The maximum absolute atomic E-state index is 12.6. The first kappa shape index (κ1) is 23.0. The number of carbonyl (C=O) groups is 2. The number of halogens is 2. The van der Waals surface area contributed by atoms with E-state index >= 15 is 0 Å². The van der Waals surface area contributed by atoms with Crippen molar-refractivity contribution >= 4 is 57.4 Å². The Hall–Kier alpha value is -2.13. The highest BCUT2D eigenvalue weighted by atomic mass is 35.5. The molecule has 2 amide bonds. The molecule has 0 bridgehead atoms. The fraction of sp³-hybridized carbons (Fsp3) is 0.409. The zero-order valence-corrected chi connectivity index (χ0v) is 20.2. The molecular formula is C22H25Cl2N5O2S. The van der Waals surface area contributed by atoms with Crippen LogP contribution in [0.5, 0.6) is 0 Å². The highest BCUT2D eigenvalue weighted by Gasteiger charge is 2.31. The van der Waals surface area contributed by atoms with Gasteiger partial charge in [-0.1, -0.05) is 23.2 Å². The number of pyridine rings is 1. The zero-order chi connectivity index (χ0) is 22.8. The molecule has 32 heavy (non-hydrogen) atoms. The first-order valence-electron chi connectivity index (χ1n) is 10.4. The second-order valence-corrected chi connectivity index (χ2v) is 10.4. The van der Waals surface area contributed by atoms with Gasteiger partial charge in [-0.25, -0.2) is 4.98 Å². The van der Waals surface area contributed by atoms with Gasteiger partial charge in [-0.3, -0.25) is 9.59 Å². The molecule has 0 radical (unpaired) electrons. The molecule has 3 aromatic rings. The smallest absolute Gasteiger partial charge is 0.242 e. The summed E-state index contributed by atoms with van der Waals surface area (Å²) < 4.78 is 2.64. The predicted molar refractivity (Wildman–Crippen MR) is 128 cm³/mol. The molecule has 0 unspecified atom stereocenters. The van der Waals surface area contributed by atoms with Gasteiger partial charge in [-0.15, -0.1) is 11.3 Å². The number of fused-ring (bicyclic) bond motifs is 1. The number of carbonyl (C=O) groups excluding carboxylic acids is 2. The van der Waals surface area contributed by atoms with Crippen LogP contribution in [0.4, 0.5) is 0 Å². The summed E-state index contributed by atoms with van der Waals surface area (Å²) in [6, 6.07) is 4.91. The lowest BCUT2D eigenvalue weighted by Crippen LogP contribution is -2.49. The molecule has 3 atom stereocenters. The number of nitrogens with zero attached hydrogens (tertiary/aromatic N) is 2. The molecule has 7 nitrogen and oxygen atoms in total. The van der Waals surface area contributed by atoms with Crippen LogP contribution in [0, 0.1) is 5.92 Å². The largest absolute Gasteiger partial charge is 0.350 e. The summed E-state index contributed by atoms with van der Waals surface area (Å²) in [5.41, 5.74) is 1.63. The summed E-state index contributed by atoms with van der Waals surface area (Å²) in [5, 5.41) is 10.4. The molecule has 1 saturated heterocycles. The summed E-state index contributed by atoms with van der Waals surface area (Å²) in [7, 11) is 1.88. The Morgan fingerprint density at radius 1 is 1.38 bits per heavy atom. The van der Waals surface area contributed by atoms with Crippen LogP contribution in [-0.4, -0.2) is 40.0 Å². The SMILES string of the molecule is C[C@H](NC(=O)[C@H]1C[C@H](Cc2ccc(Cl)s2)CN1)C(=O)NCc1cnc2c(c1)c(Cl)cn2C. The number of rotatable bonds is 7. The van der Waals surface area contributed by atoms with Crippen LogP contribution in [0.15, 0.2) is 30.6 Å². The third-order valence-electron chi connectivity index (χ3n) is 5.70. The third kappa shape index (κ3) is 5.26. The molecule has 0 saturated carbocycles. The van der Waals surface area contributed by atoms with Crippen molar-refractivity contribution in [2.45, 2.75) is 38.4 Å². The van der Waals surface area contributed by atoms with Crippen LogP contribution in [-0.2, 0) is 29.6 Å². The number of hydrogen-bond acceptors (Lipinski definition) is 5. The number of nitrogens with one attached hydrogen (secondary N) is 3. The summed E-state index contributed by atoms with van der Waals surface area (Å²) >= 11 is 13.8. The first-order valence-corrected chi connectivity index (χ1v) is 12.0. The Balaban J connectivity index is 1.25. The quantitative estimate of drug-likeness (QED) is 0.471. The number of aromatic nitrogens is 2. The highest BCUT2D eigenvalue weighted by molar-refractivity contribution is 7.16. The molecule has 0 aliphatic carbocycles. The van der Waals surface area contributed by atoms with Crippen LogP contribution in [0.1, 0.15) is 23.8 Å². The predicted octanol–water partition coefficient (Wildman–Crippen LogP) is 3.28. The topological polar surface area (TPSA) is 88.1 Å². The second-order valence-electron chi connectivity index (χ2n) is 8.22. The number of hydrogen-bond donors (Lipinski definition) is 3. The van der Waals surface area contributed by atoms with Gasteiger partial charge >= 0.3 is 0 Å². The Bertz CT molecular complexity index is 1140. The fourth-order valence-electron chi connectivity index (χ4n) is 3.99. The standard InChI is InChI=1S/C22H25Cl2N5O2S/c1-12(21(30)27-10-14-6-16-17(23)11-29(2)20(16)26-9-14)28-22(31)18-7-13(8-25-18)5-15-3-4-19(24)32-15/h3-4,6,9,11-13,18,25H,5,7-8,10H2,1-2H3,(H,27,30)(H,28,31)/t12-,13-,18+/m0/s1. The van der Waals surface area contributed by atoms with Crippen LogP contribution in [0.25, 0.3) is 11.0 Å². The lowest BCUT2D eigenvalue weighted by atomic mass is 10.0. The van der Waals surface area contributed by atoms with Gasteiger partial charge in [-0.05, 0) is 56.0 Å². The molecule has 1 fully saturated rings. The van der Waals surface area contributed by atoms with Crippen LogP contribution in [0.3, 0.4) is 0 Å². The monoisotopic (exact) mass is 493 g/mol. The summed E-state index contributed by atoms with van der Waals surface area (Å²) in [6.07, 6.45) is 5.15. The summed E-state index contributed by atoms with van der Waals surface area (Å²) in [4.78, 5) is 30.8. The van der Waals surface area contributed by atoms with Crippen molar-refractivity contribution in [3.63, 3.8) is 0 Å². The Labute approximate surface area is 200 Å². The molecule has 0 aromatic carbocycles. The van der Waals surface area contributed by atoms with Crippen molar-refractivity contribution in [3.05, 3.63) is 50.4 Å².